The van der Waals surface area contributed by atoms with Crippen molar-refractivity contribution in [3.8, 4) is 0 Å². The summed E-state index contributed by atoms with van der Waals surface area (Å²) in [6, 6.07) is 4.79. The summed E-state index contributed by atoms with van der Waals surface area (Å²) in [7, 11) is 0. The molecule has 1 N–H and O–H groups in total. The van der Waals surface area contributed by atoms with Gasteiger partial charge in [0.2, 0.25) is 0 Å². The molecule has 0 saturated heterocycles. The van der Waals surface area contributed by atoms with Gasteiger partial charge in [0.25, 0.3) is 0 Å². The summed E-state index contributed by atoms with van der Waals surface area (Å²) in [5.41, 5.74) is 0.792. The number of nitrogens with one attached hydrogen (secondary N) is 1. The zero-order valence-electron chi connectivity index (χ0n) is 9.19. The molecule has 0 unspecified atom stereocenters. The first-order valence-electron chi connectivity index (χ1n) is 5.28. The molecule has 0 aliphatic heterocycles. The number of benzene rings is 1. The Morgan fingerprint density at radius 1 is 1.40 bits per heavy atom. The standard InChI is InChI=1S/C12H17ClFN/c1-9(2)4-3-7-15-10-5-6-11(13)12(14)8-10/h5-6,8-9,15H,3-4,7H2,1-2H3. The second-order valence-corrected chi connectivity index (χ2v) is 4.50. The lowest BCUT2D eigenvalue weighted by Gasteiger charge is -2.08. The molecule has 1 aromatic rings. The Kier molecular flexibility index (Phi) is 4.89. The van der Waals surface area contributed by atoms with E-state index < -0.39 is 0 Å². The van der Waals surface area contributed by atoms with Crippen molar-refractivity contribution in [1.29, 1.82) is 0 Å². The summed E-state index contributed by atoms with van der Waals surface area (Å²) in [4.78, 5) is 0. The average Bonchev–Trinajstić information content (AvgIpc) is 2.18. The summed E-state index contributed by atoms with van der Waals surface area (Å²) in [6.45, 7) is 5.27. The first kappa shape index (κ1) is 12.3. The molecule has 1 rings (SSSR count). The van der Waals surface area contributed by atoms with Crippen molar-refractivity contribution in [2.45, 2.75) is 26.7 Å². The van der Waals surface area contributed by atoms with Gasteiger partial charge < -0.3 is 5.32 Å². The van der Waals surface area contributed by atoms with Gasteiger partial charge in [0, 0.05) is 12.2 Å². The molecule has 0 aliphatic rings. The maximum atomic E-state index is 13.0. The minimum Gasteiger partial charge on any atom is -0.385 e. The Labute approximate surface area is 95.6 Å². The number of hydrogen-bond acceptors (Lipinski definition) is 1. The highest BCUT2D eigenvalue weighted by Gasteiger charge is 2.00. The van der Waals surface area contributed by atoms with E-state index in [1.807, 2.05) is 0 Å². The van der Waals surface area contributed by atoms with Gasteiger partial charge in [-0.2, -0.15) is 0 Å². The van der Waals surface area contributed by atoms with Gasteiger partial charge in [-0.1, -0.05) is 25.4 Å². The van der Waals surface area contributed by atoms with Crippen molar-refractivity contribution in [2.24, 2.45) is 5.92 Å². The van der Waals surface area contributed by atoms with E-state index in [-0.39, 0.29) is 10.8 Å². The molecule has 1 aromatic carbocycles. The molecule has 0 amide bonds. The van der Waals surface area contributed by atoms with Crippen molar-refractivity contribution in [1.82, 2.24) is 0 Å². The third-order valence-corrected chi connectivity index (χ3v) is 2.51. The molecule has 15 heavy (non-hydrogen) atoms. The van der Waals surface area contributed by atoms with Crippen LogP contribution in [0.4, 0.5) is 10.1 Å². The van der Waals surface area contributed by atoms with Crippen molar-refractivity contribution < 1.29 is 4.39 Å². The lowest BCUT2D eigenvalue weighted by atomic mass is 10.1. The maximum Gasteiger partial charge on any atom is 0.143 e. The Balaban J connectivity index is 2.35. The summed E-state index contributed by atoms with van der Waals surface area (Å²) in [5, 5.41) is 3.34. The summed E-state index contributed by atoms with van der Waals surface area (Å²) < 4.78 is 13.0. The molecule has 0 heterocycles. The average molecular weight is 230 g/mol. The minimum atomic E-state index is -0.370. The van der Waals surface area contributed by atoms with Crippen LogP contribution in [0.1, 0.15) is 26.7 Å². The van der Waals surface area contributed by atoms with Crippen LogP contribution in [-0.4, -0.2) is 6.54 Å². The van der Waals surface area contributed by atoms with E-state index in [2.05, 4.69) is 19.2 Å². The fourth-order valence-electron chi connectivity index (χ4n) is 1.35. The molecule has 0 atom stereocenters. The van der Waals surface area contributed by atoms with Gasteiger partial charge in [-0.05, 0) is 37.0 Å². The molecule has 0 aromatic heterocycles. The van der Waals surface area contributed by atoms with Gasteiger partial charge in [0.05, 0.1) is 5.02 Å². The lowest BCUT2D eigenvalue weighted by Crippen LogP contribution is -2.03. The molecule has 0 saturated carbocycles. The number of rotatable bonds is 5. The molecule has 0 spiro atoms. The fraction of sp³-hybridized carbons (Fsp3) is 0.500. The van der Waals surface area contributed by atoms with Gasteiger partial charge in [-0.25, -0.2) is 4.39 Å². The normalized spacial score (nSPS) is 10.7. The zero-order valence-corrected chi connectivity index (χ0v) is 9.94. The monoisotopic (exact) mass is 229 g/mol. The van der Waals surface area contributed by atoms with Gasteiger partial charge in [-0.3, -0.25) is 0 Å². The minimum absolute atomic E-state index is 0.169. The van der Waals surface area contributed by atoms with Crippen LogP contribution in [0.2, 0.25) is 5.02 Å². The van der Waals surface area contributed by atoms with Crippen molar-refractivity contribution in [3.63, 3.8) is 0 Å². The second-order valence-electron chi connectivity index (χ2n) is 4.09. The van der Waals surface area contributed by atoms with Crippen LogP contribution in [0, 0.1) is 11.7 Å². The van der Waals surface area contributed by atoms with Crippen LogP contribution < -0.4 is 5.32 Å². The zero-order chi connectivity index (χ0) is 11.3. The Morgan fingerprint density at radius 3 is 2.73 bits per heavy atom. The van der Waals surface area contributed by atoms with Crippen LogP contribution in [0.15, 0.2) is 18.2 Å². The van der Waals surface area contributed by atoms with Gasteiger partial charge in [-0.15, -0.1) is 0 Å². The third kappa shape index (κ3) is 4.52. The second kappa shape index (κ2) is 5.96. The highest BCUT2D eigenvalue weighted by atomic mass is 35.5. The van der Waals surface area contributed by atoms with E-state index in [1.165, 1.54) is 12.5 Å². The molecule has 0 fully saturated rings. The predicted molar refractivity (Wildman–Crippen MR) is 64.0 cm³/mol. The molecule has 0 bridgehead atoms. The van der Waals surface area contributed by atoms with E-state index in [0.717, 1.165) is 18.7 Å². The van der Waals surface area contributed by atoms with Gasteiger partial charge in [0.15, 0.2) is 0 Å². The molecule has 1 nitrogen and oxygen atoms in total. The quantitative estimate of drug-likeness (QED) is 0.742. The van der Waals surface area contributed by atoms with Crippen LogP contribution in [0.3, 0.4) is 0 Å². The summed E-state index contributed by atoms with van der Waals surface area (Å²) in [6.07, 6.45) is 2.28. The van der Waals surface area contributed by atoms with Gasteiger partial charge >= 0.3 is 0 Å². The molecule has 84 valence electrons. The fourth-order valence-corrected chi connectivity index (χ4v) is 1.47. The summed E-state index contributed by atoms with van der Waals surface area (Å²) in [5.74, 6) is 0.347. The maximum absolute atomic E-state index is 13.0. The SMILES string of the molecule is CC(C)CCCNc1ccc(Cl)c(F)c1. The van der Waals surface area contributed by atoms with Crippen LogP contribution in [0.25, 0.3) is 0 Å². The first-order valence-corrected chi connectivity index (χ1v) is 5.66. The van der Waals surface area contributed by atoms with Crippen molar-refractivity contribution in [3.05, 3.63) is 29.0 Å². The first-order chi connectivity index (χ1) is 7.09. The van der Waals surface area contributed by atoms with E-state index in [9.17, 15) is 4.39 Å². The Morgan fingerprint density at radius 2 is 2.13 bits per heavy atom. The molecular weight excluding hydrogens is 213 g/mol. The third-order valence-electron chi connectivity index (χ3n) is 2.21. The largest absolute Gasteiger partial charge is 0.385 e. The van der Waals surface area contributed by atoms with Crippen LogP contribution in [0.5, 0.6) is 0 Å². The number of anilines is 1. The highest BCUT2D eigenvalue weighted by Crippen LogP contribution is 2.18. The lowest BCUT2D eigenvalue weighted by molar-refractivity contribution is 0.567. The Bertz CT molecular complexity index is 312. The molecular formula is C12H17ClFN. The van der Waals surface area contributed by atoms with E-state index in [1.54, 1.807) is 12.1 Å². The van der Waals surface area contributed by atoms with E-state index >= 15 is 0 Å². The number of hydrogen-bond donors (Lipinski definition) is 1. The van der Waals surface area contributed by atoms with Crippen molar-refractivity contribution in [2.75, 3.05) is 11.9 Å². The van der Waals surface area contributed by atoms with Crippen LogP contribution >= 0.6 is 11.6 Å². The highest BCUT2D eigenvalue weighted by molar-refractivity contribution is 6.30. The topological polar surface area (TPSA) is 12.0 Å². The van der Waals surface area contributed by atoms with Crippen LogP contribution in [-0.2, 0) is 0 Å². The molecule has 0 aliphatic carbocycles. The van der Waals surface area contributed by atoms with E-state index in [0.29, 0.717) is 5.92 Å². The Hall–Kier alpha value is -0.760. The number of halogens is 2. The predicted octanol–water partition coefficient (Wildman–Crippen LogP) is 4.33. The smallest absolute Gasteiger partial charge is 0.143 e. The molecule has 3 heteroatoms. The van der Waals surface area contributed by atoms with Gasteiger partial charge in [0.1, 0.15) is 5.82 Å². The summed E-state index contributed by atoms with van der Waals surface area (Å²) >= 11 is 5.58. The van der Waals surface area contributed by atoms with E-state index in [4.69, 9.17) is 11.6 Å². The van der Waals surface area contributed by atoms with Crippen molar-refractivity contribution >= 4 is 17.3 Å². The molecule has 0 radical (unpaired) electrons.